The van der Waals surface area contributed by atoms with E-state index in [1.54, 1.807) is 23.6 Å². The van der Waals surface area contributed by atoms with Crippen LogP contribution in [-0.4, -0.2) is 34.7 Å². The SMILES string of the molecule is Cc1c(C#N)c(Nc2nnc(C3CCS(=O)(=O)C3)o2)n(-c2cccc(F)c2)c1C. The van der Waals surface area contributed by atoms with Crippen LogP contribution < -0.4 is 5.32 Å². The van der Waals surface area contributed by atoms with Crippen molar-refractivity contribution in [1.29, 1.82) is 5.26 Å². The summed E-state index contributed by atoms with van der Waals surface area (Å²) in [6.07, 6.45) is 0.436. The van der Waals surface area contributed by atoms with Crippen molar-refractivity contribution in [3.05, 3.63) is 52.8 Å². The Balaban J connectivity index is 1.73. The molecule has 3 heterocycles. The molecule has 0 saturated carbocycles. The minimum atomic E-state index is -3.08. The Labute approximate surface area is 166 Å². The van der Waals surface area contributed by atoms with Crippen LogP contribution in [0.4, 0.5) is 16.2 Å². The molecule has 1 saturated heterocycles. The highest BCUT2D eigenvalue weighted by Gasteiger charge is 2.33. The molecule has 4 rings (SSSR count). The fourth-order valence-electron chi connectivity index (χ4n) is 3.54. The number of nitrogens with one attached hydrogen (secondary N) is 1. The highest BCUT2D eigenvalue weighted by atomic mass is 32.2. The van der Waals surface area contributed by atoms with Gasteiger partial charge in [0.2, 0.25) is 5.89 Å². The number of hydrogen-bond donors (Lipinski definition) is 1. The number of aromatic nitrogens is 3. The van der Waals surface area contributed by atoms with Crippen LogP contribution in [0.25, 0.3) is 5.69 Å². The average molecular weight is 415 g/mol. The summed E-state index contributed by atoms with van der Waals surface area (Å²) < 4.78 is 44.5. The summed E-state index contributed by atoms with van der Waals surface area (Å²) in [6, 6.07) is 8.21. The smallest absolute Gasteiger partial charge is 0.321 e. The first kappa shape index (κ1) is 19.1. The number of hydrogen-bond acceptors (Lipinski definition) is 7. The van der Waals surface area contributed by atoms with Gasteiger partial charge in [0.15, 0.2) is 9.84 Å². The number of rotatable bonds is 4. The molecule has 0 radical (unpaired) electrons. The Morgan fingerprint density at radius 3 is 2.79 bits per heavy atom. The maximum Gasteiger partial charge on any atom is 0.321 e. The van der Waals surface area contributed by atoms with Crippen LogP contribution in [0.2, 0.25) is 0 Å². The van der Waals surface area contributed by atoms with Gasteiger partial charge in [-0.25, -0.2) is 12.8 Å². The van der Waals surface area contributed by atoms with Crippen molar-refractivity contribution in [3.8, 4) is 11.8 Å². The standard InChI is InChI=1S/C19H18FN5O3S/c1-11-12(2)25(15-5-3-4-14(20)8-15)17(16(11)9-21)22-19-24-23-18(28-19)13-6-7-29(26,27)10-13/h3-5,8,13H,6-7,10H2,1-2H3,(H,22,24). The number of benzene rings is 1. The van der Waals surface area contributed by atoms with Gasteiger partial charge in [-0.3, -0.25) is 9.88 Å². The molecule has 1 N–H and O–H groups in total. The molecule has 8 nitrogen and oxygen atoms in total. The van der Waals surface area contributed by atoms with Gasteiger partial charge in [0.25, 0.3) is 0 Å². The molecule has 10 heteroatoms. The summed E-state index contributed by atoms with van der Waals surface area (Å²) in [5, 5.41) is 20.5. The van der Waals surface area contributed by atoms with Crippen molar-refractivity contribution in [2.45, 2.75) is 26.2 Å². The van der Waals surface area contributed by atoms with E-state index >= 15 is 0 Å². The second kappa shape index (κ2) is 7.00. The minimum absolute atomic E-state index is 0.0179. The van der Waals surface area contributed by atoms with Gasteiger partial charge in [-0.2, -0.15) is 5.26 Å². The van der Waals surface area contributed by atoms with E-state index in [4.69, 9.17) is 4.42 Å². The molecule has 1 aromatic carbocycles. The lowest BCUT2D eigenvalue weighted by molar-refractivity contribution is 0.472. The Hall–Kier alpha value is -3.19. The minimum Gasteiger partial charge on any atom is -0.408 e. The molecular weight excluding hydrogens is 397 g/mol. The molecule has 3 aromatic rings. The third kappa shape index (κ3) is 3.49. The van der Waals surface area contributed by atoms with E-state index in [1.807, 2.05) is 6.92 Å². The van der Waals surface area contributed by atoms with Gasteiger partial charge in [-0.15, -0.1) is 5.10 Å². The van der Waals surface area contributed by atoms with Crippen LogP contribution in [0.15, 0.2) is 28.7 Å². The molecule has 0 spiro atoms. The normalized spacial score (nSPS) is 17.9. The molecule has 1 unspecified atom stereocenters. The summed E-state index contributed by atoms with van der Waals surface area (Å²) in [7, 11) is -3.08. The lowest BCUT2D eigenvalue weighted by Crippen LogP contribution is -2.04. The Kier molecular flexibility index (Phi) is 4.62. The van der Waals surface area contributed by atoms with Gasteiger partial charge in [-0.05, 0) is 44.0 Å². The first-order valence-corrected chi connectivity index (χ1v) is 10.8. The summed E-state index contributed by atoms with van der Waals surface area (Å²) in [4.78, 5) is 0. The Morgan fingerprint density at radius 2 is 2.14 bits per heavy atom. The zero-order valence-corrected chi connectivity index (χ0v) is 16.6. The van der Waals surface area contributed by atoms with Crippen molar-refractivity contribution in [2.75, 3.05) is 16.8 Å². The van der Waals surface area contributed by atoms with Gasteiger partial charge in [0.05, 0.1) is 28.7 Å². The predicted octanol–water partition coefficient (Wildman–Crippen LogP) is 3.13. The van der Waals surface area contributed by atoms with E-state index < -0.39 is 15.7 Å². The third-order valence-electron chi connectivity index (χ3n) is 5.14. The van der Waals surface area contributed by atoms with E-state index in [-0.39, 0.29) is 29.3 Å². The van der Waals surface area contributed by atoms with E-state index in [0.29, 0.717) is 23.5 Å². The Bertz CT molecular complexity index is 1240. The molecule has 29 heavy (non-hydrogen) atoms. The largest absolute Gasteiger partial charge is 0.408 e. The number of halogens is 1. The van der Waals surface area contributed by atoms with Crippen molar-refractivity contribution in [1.82, 2.24) is 14.8 Å². The van der Waals surface area contributed by atoms with Crippen molar-refractivity contribution < 1.29 is 17.2 Å². The molecule has 1 fully saturated rings. The molecule has 1 aliphatic heterocycles. The molecule has 0 aliphatic carbocycles. The molecule has 1 atom stereocenters. The van der Waals surface area contributed by atoms with Gasteiger partial charge in [-0.1, -0.05) is 11.2 Å². The van der Waals surface area contributed by atoms with Crippen LogP contribution in [0.1, 0.15) is 35.1 Å². The summed E-state index contributed by atoms with van der Waals surface area (Å²) in [5.74, 6) is -0.0399. The van der Waals surface area contributed by atoms with Gasteiger partial charge in [0.1, 0.15) is 17.7 Å². The van der Waals surface area contributed by atoms with E-state index in [1.165, 1.54) is 12.1 Å². The summed E-state index contributed by atoms with van der Waals surface area (Å²) >= 11 is 0. The van der Waals surface area contributed by atoms with Crippen molar-refractivity contribution in [3.63, 3.8) is 0 Å². The van der Waals surface area contributed by atoms with Gasteiger partial charge < -0.3 is 4.42 Å². The molecular formula is C19H18FN5O3S. The van der Waals surface area contributed by atoms with Crippen LogP contribution in [0, 0.1) is 31.0 Å². The predicted molar refractivity (Wildman–Crippen MR) is 104 cm³/mol. The van der Waals surface area contributed by atoms with Crippen LogP contribution in [0.5, 0.6) is 0 Å². The molecule has 0 amide bonds. The van der Waals surface area contributed by atoms with Gasteiger partial charge in [0, 0.05) is 5.69 Å². The lowest BCUT2D eigenvalue weighted by atomic mass is 10.1. The first-order valence-electron chi connectivity index (χ1n) is 8.98. The van der Waals surface area contributed by atoms with Gasteiger partial charge >= 0.3 is 6.01 Å². The number of anilines is 2. The fourth-order valence-corrected chi connectivity index (χ4v) is 5.27. The first-order chi connectivity index (χ1) is 13.8. The molecule has 1 aliphatic rings. The zero-order chi connectivity index (χ0) is 20.8. The maximum absolute atomic E-state index is 13.8. The third-order valence-corrected chi connectivity index (χ3v) is 6.91. The van der Waals surface area contributed by atoms with Crippen LogP contribution in [0.3, 0.4) is 0 Å². The quantitative estimate of drug-likeness (QED) is 0.696. The Morgan fingerprint density at radius 1 is 1.34 bits per heavy atom. The molecule has 0 bridgehead atoms. The maximum atomic E-state index is 13.8. The summed E-state index contributed by atoms with van der Waals surface area (Å²) in [6.45, 7) is 3.63. The monoisotopic (exact) mass is 415 g/mol. The molecule has 150 valence electrons. The molecule has 2 aromatic heterocycles. The number of nitriles is 1. The average Bonchev–Trinajstić information content (AvgIpc) is 3.33. The van der Waals surface area contributed by atoms with E-state index in [9.17, 15) is 18.1 Å². The summed E-state index contributed by atoms with van der Waals surface area (Å²) in [5.41, 5.74) is 2.41. The number of sulfone groups is 1. The topological polar surface area (TPSA) is 114 Å². The second-order valence-electron chi connectivity index (χ2n) is 7.03. The highest BCUT2D eigenvalue weighted by Crippen LogP contribution is 2.33. The highest BCUT2D eigenvalue weighted by molar-refractivity contribution is 7.91. The second-order valence-corrected chi connectivity index (χ2v) is 9.26. The van der Waals surface area contributed by atoms with Crippen LogP contribution >= 0.6 is 0 Å². The fraction of sp³-hybridized carbons (Fsp3) is 0.316. The van der Waals surface area contributed by atoms with Crippen molar-refractivity contribution >= 4 is 21.7 Å². The van der Waals surface area contributed by atoms with Crippen LogP contribution in [-0.2, 0) is 9.84 Å². The van der Waals surface area contributed by atoms with Crippen molar-refractivity contribution in [2.24, 2.45) is 0 Å². The number of nitrogens with zero attached hydrogens (tertiary/aromatic N) is 4. The lowest BCUT2D eigenvalue weighted by Gasteiger charge is -2.12. The zero-order valence-electron chi connectivity index (χ0n) is 15.8. The van der Waals surface area contributed by atoms with E-state index in [2.05, 4.69) is 21.6 Å². The van der Waals surface area contributed by atoms with E-state index in [0.717, 1.165) is 11.3 Å².